The van der Waals surface area contributed by atoms with E-state index in [9.17, 15) is 4.79 Å². The third kappa shape index (κ3) is 1.59. The molecule has 4 nitrogen and oxygen atoms in total. The highest BCUT2D eigenvalue weighted by atomic mass is 16.1. The van der Waals surface area contributed by atoms with Crippen LogP contribution in [0.15, 0.2) is 36.4 Å². The first-order valence-electron chi connectivity index (χ1n) is 5.72. The van der Waals surface area contributed by atoms with E-state index in [1.807, 2.05) is 36.4 Å². The van der Waals surface area contributed by atoms with Crippen molar-refractivity contribution in [2.75, 3.05) is 11.1 Å². The average molecular weight is 239 g/mol. The molecule has 3 rings (SSSR count). The summed E-state index contributed by atoms with van der Waals surface area (Å²) in [6.07, 6.45) is 0. The molecule has 0 aliphatic carbocycles. The highest BCUT2D eigenvalue weighted by Crippen LogP contribution is 2.31. The monoisotopic (exact) mass is 239 g/mol. The fourth-order valence-corrected chi connectivity index (χ4v) is 2.21. The van der Waals surface area contributed by atoms with Crippen LogP contribution in [-0.4, -0.2) is 10.9 Å². The lowest BCUT2D eigenvalue weighted by molar-refractivity contribution is -0.114. The Morgan fingerprint density at radius 2 is 1.94 bits per heavy atom. The van der Waals surface area contributed by atoms with E-state index in [4.69, 9.17) is 5.73 Å². The Kier molecular flexibility index (Phi) is 2.23. The second-order valence-corrected chi connectivity index (χ2v) is 4.34. The van der Waals surface area contributed by atoms with Crippen molar-refractivity contribution >= 4 is 39.1 Å². The van der Waals surface area contributed by atoms with E-state index in [1.165, 1.54) is 6.92 Å². The van der Waals surface area contributed by atoms with E-state index in [1.54, 1.807) is 0 Å². The lowest BCUT2D eigenvalue weighted by atomic mass is 10.1. The number of anilines is 2. The van der Waals surface area contributed by atoms with Crippen molar-refractivity contribution in [3.05, 3.63) is 36.4 Å². The van der Waals surface area contributed by atoms with Gasteiger partial charge < -0.3 is 16.0 Å². The first-order chi connectivity index (χ1) is 8.65. The van der Waals surface area contributed by atoms with Crippen LogP contribution in [0.3, 0.4) is 0 Å². The van der Waals surface area contributed by atoms with Gasteiger partial charge in [0, 0.05) is 28.7 Å². The summed E-state index contributed by atoms with van der Waals surface area (Å²) in [6.45, 7) is 1.47. The predicted molar refractivity (Wildman–Crippen MR) is 74.5 cm³/mol. The Hall–Kier alpha value is -2.49. The van der Waals surface area contributed by atoms with Crippen LogP contribution < -0.4 is 11.1 Å². The van der Waals surface area contributed by atoms with E-state index < -0.39 is 0 Å². The Labute approximate surface area is 104 Å². The summed E-state index contributed by atoms with van der Waals surface area (Å²) in [7, 11) is 0. The van der Waals surface area contributed by atoms with Crippen LogP contribution in [0.25, 0.3) is 21.8 Å². The molecule has 4 N–H and O–H groups in total. The Bertz CT molecular complexity index is 758. The van der Waals surface area contributed by atoms with E-state index in [2.05, 4.69) is 10.3 Å². The van der Waals surface area contributed by atoms with Crippen LogP contribution in [-0.2, 0) is 4.79 Å². The van der Waals surface area contributed by atoms with Gasteiger partial charge in [-0.25, -0.2) is 0 Å². The number of para-hydroxylation sites is 1. The van der Waals surface area contributed by atoms with Crippen LogP contribution >= 0.6 is 0 Å². The first-order valence-corrected chi connectivity index (χ1v) is 5.72. The number of benzene rings is 2. The number of fused-ring (bicyclic) bond motifs is 3. The topological polar surface area (TPSA) is 70.9 Å². The second-order valence-electron chi connectivity index (χ2n) is 4.34. The Balaban J connectivity index is 2.31. The average Bonchev–Trinajstić information content (AvgIpc) is 2.66. The zero-order valence-electron chi connectivity index (χ0n) is 9.95. The van der Waals surface area contributed by atoms with Crippen molar-refractivity contribution in [3.8, 4) is 0 Å². The largest absolute Gasteiger partial charge is 0.397 e. The molecule has 0 aliphatic heterocycles. The van der Waals surface area contributed by atoms with Crippen LogP contribution in [0.1, 0.15) is 6.92 Å². The molecule has 1 amide bonds. The van der Waals surface area contributed by atoms with Crippen LogP contribution in [0.2, 0.25) is 0 Å². The van der Waals surface area contributed by atoms with Crippen molar-refractivity contribution < 1.29 is 4.79 Å². The number of nitrogen functional groups attached to an aromatic ring is 1. The molecular weight excluding hydrogens is 226 g/mol. The van der Waals surface area contributed by atoms with Gasteiger partial charge in [-0.1, -0.05) is 18.2 Å². The Morgan fingerprint density at radius 1 is 1.17 bits per heavy atom. The zero-order valence-corrected chi connectivity index (χ0v) is 9.95. The number of nitrogens with one attached hydrogen (secondary N) is 2. The van der Waals surface area contributed by atoms with Gasteiger partial charge in [0.1, 0.15) is 0 Å². The zero-order chi connectivity index (χ0) is 12.7. The first kappa shape index (κ1) is 10.7. The third-order valence-electron chi connectivity index (χ3n) is 2.99. The maximum atomic E-state index is 11.1. The summed E-state index contributed by atoms with van der Waals surface area (Å²) >= 11 is 0. The molecule has 18 heavy (non-hydrogen) atoms. The summed E-state index contributed by atoms with van der Waals surface area (Å²) in [5, 5.41) is 4.92. The van der Waals surface area contributed by atoms with Crippen LogP contribution in [0, 0.1) is 0 Å². The van der Waals surface area contributed by atoms with Gasteiger partial charge in [0.25, 0.3) is 0 Å². The van der Waals surface area contributed by atoms with E-state index in [0.717, 1.165) is 21.8 Å². The van der Waals surface area contributed by atoms with E-state index in [0.29, 0.717) is 11.4 Å². The van der Waals surface area contributed by atoms with Crippen molar-refractivity contribution in [2.24, 2.45) is 0 Å². The highest BCUT2D eigenvalue weighted by Gasteiger charge is 2.08. The summed E-state index contributed by atoms with van der Waals surface area (Å²) < 4.78 is 0. The van der Waals surface area contributed by atoms with Crippen molar-refractivity contribution in [2.45, 2.75) is 6.92 Å². The number of carbonyl (C=O) groups is 1. The number of nitrogens with two attached hydrogens (primary N) is 1. The summed E-state index contributed by atoms with van der Waals surface area (Å²) in [5.74, 6) is -0.124. The normalized spacial score (nSPS) is 10.9. The van der Waals surface area contributed by atoms with Gasteiger partial charge >= 0.3 is 0 Å². The van der Waals surface area contributed by atoms with Gasteiger partial charge in [-0.05, 0) is 18.2 Å². The maximum Gasteiger partial charge on any atom is 0.221 e. The molecule has 0 spiro atoms. The Morgan fingerprint density at radius 3 is 2.72 bits per heavy atom. The molecule has 0 saturated carbocycles. The molecule has 1 aromatic heterocycles. The molecule has 1 heterocycles. The fourth-order valence-electron chi connectivity index (χ4n) is 2.21. The van der Waals surface area contributed by atoms with Gasteiger partial charge in [0.05, 0.1) is 11.4 Å². The van der Waals surface area contributed by atoms with E-state index >= 15 is 0 Å². The van der Waals surface area contributed by atoms with Crippen molar-refractivity contribution in [1.82, 2.24) is 4.98 Å². The van der Waals surface area contributed by atoms with Crippen LogP contribution in [0.4, 0.5) is 11.4 Å². The minimum absolute atomic E-state index is 0.124. The number of carbonyl (C=O) groups excluding carboxylic acids is 1. The lowest BCUT2D eigenvalue weighted by Gasteiger charge is -2.06. The molecular formula is C14H13N3O. The smallest absolute Gasteiger partial charge is 0.221 e. The number of aromatic nitrogens is 1. The number of amides is 1. The molecule has 90 valence electrons. The molecule has 2 aromatic carbocycles. The number of hydrogen-bond donors (Lipinski definition) is 3. The molecule has 3 aromatic rings. The molecule has 0 fully saturated rings. The second kappa shape index (κ2) is 3.77. The van der Waals surface area contributed by atoms with Gasteiger partial charge in [0.15, 0.2) is 0 Å². The molecule has 0 atom stereocenters. The summed E-state index contributed by atoms with van der Waals surface area (Å²) in [4.78, 5) is 14.4. The summed E-state index contributed by atoms with van der Waals surface area (Å²) in [5.41, 5.74) is 9.17. The summed E-state index contributed by atoms with van der Waals surface area (Å²) in [6, 6.07) is 11.8. The number of aromatic amines is 1. The predicted octanol–water partition coefficient (Wildman–Crippen LogP) is 2.86. The number of H-pyrrole nitrogens is 1. The van der Waals surface area contributed by atoms with Crippen molar-refractivity contribution in [3.63, 3.8) is 0 Å². The number of rotatable bonds is 1. The number of hydrogen-bond acceptors (Lipinski definition) is 2. The van der Waals surface area contributed by atoms with Gasteiger partial charge in [-0.3, -0.25) is 4.79 Å². The lowest BCUT2D eigenvalue weighted by Crippen LogP contribution is -2.07. The maximum absolute atomic E-state index is 11.1. The molecule has 0 radical (unpaired) electrons. The molecule has 0 bridgehead atoms. The third-order valence-corrected chi connectivity index (χ3v) is 2.99. The molecule has 0 saturated heterocycles. The fraction of sp³-hybridized carbons (Fsp3) is 0.0714. The standard InChI is InChI=1S/C14H13N3O/c1-8(18)16-14-6-10-9-4-2-3-5-12(9)17-13(10)7-11(14)15/h2-7,17H,15H2,1H3,(H,16,18). The van der Waals surface area contributed by atoms with Gasteiger partial charge in [0.2, 0.25) is 5.91 Å². The highest BCUT2D eigenvalue weighted by molar-refractivity contribution is 6.10. The molecule has 4 heteroatoms. The quantitative estimate of drug-likeness (QED) is 0.571. The molecule has 0 unspecified atom stereocenters. The SMILES string of the molecule is CC(=O)Nc1cc2c(cc1N)[nH]c1ccccc12. The van der Waals surface area contributed by atoms with E-state index in [-0.39, 0.29) is 5.91 Å². The van der Waals surface area contributed by atoms with Crippen LogP contribution in [0.5, 0.6) is 0 Å². The molecule has 0 aliphatic rings. The minimum Gasteiger partial charge on any atom is -0.397 e. The van der Waals surface area contributed by atoms with Gasteiger partial charge in [-0.15, -0.1) is 0 Å². The van der Waals surface area contributed by atoms with Crippen molar-refractivity contribution in [1.29, 1.82) is 0 Å². The van der Waals surface area contributed by atoms with Gasteiger partial charge in [-0.2, -0.15) is 0 Å². The minimum atomic E-state index is -0.124.